The van der Waals surface area contributed by atoms with Crippen molar-refractivity contribution in [2.24, 2.45) is 0 Å². The standard InChI is InChI=1S/C22H25F3N2O/c23-22(24,25)28-19-6-3-4-17(16-19)9-13-27-14-10-21(11-15-27)20-7-2-1-5-18(20)8-12-26-21/h1-7,16,26H,8-15H2. The zero-order valence-corrected chi connectivity index (χ0v) is 15.8. The van der Waals surface area contributed by atoms with Gasteiger partial charge in [0.2, 0.25) is 0 Å². The van der Waals surface area contributed by atoms with Crippen molar-refractivity contribution in [2.45, 2.75) is 37.6 Å². The summed E-state index contributed by atoms with van der Waals surface area (Å²) in [6.45, 7) is 3.83. The molecule has 4 rings (SSSR count). The first-order valence-electron chi connectivity index (χ1n) is 9.84. The predicted molar refractivity (Wildman–Crippen MR) is 102 cm³/mol. The molecular weight excluding hydrogens is 365 g/mol. The van der Waals surface area contributed by atoms with Crippen molar-refractivity contribution < 1.29 is 17.9 Å². The molecule has 2 aliphatic rings. The van der Waals surface area contributed by atoms with E-state index < -0.39 is 6.36 Å². The zero-order chi connectivity index (χ0) is 19.6. The number of nitrogens with zero attached hydrogens (tertiary/aromatic N) is 1. The van der Waals surface area contributed by atoms with Crippen LogP contribution in [-0.2, 0) is 18.4 Å². The molecule has 6 heteroatoms. The third-order valence-electron chi connectivity index (χ3n) is 5.95. The van der Waals surface area contributed by atoms with E-state index in [0.29, 0.717) is 6.42 Å². The summed E-state index contributed by atoms with van der Waals surface area (Å²) < 4.78 is 41.2. The van der Waals surface area contributed by atoms with Crippen LogP contribution in [0.4, 0.5) is 13.2 Å². The number of rotatable bonds is 4. The molecule has 2 aliphatic heterocycles. The van der Waals surface area contributed by atoms with Crippen LogP contribution in [0.5, 0.6) is 5.75 Å². The highest BCUT2D eigenvalue weighted by atomic mass is 19.4. The maximum atomic E-state index is 12.4. The maximum absolute atomic E-state index is 12.4. The topological polar surface area (TPSA) is 24.5 Å². The molecule has 0 aromatic heterocycles. The molecule has 0 saturated carbocycles. The number of alkyl halides is 3. The van der Waals surface area contributed by atoms with Gasteiger partial charge in [0.1, 0.15) is 5.75 Å². The van der Waals surface area contributed by atoms with Gasteiger partial charge in [-0.25, -0.2) is 0 Å². The van der Waals surface area contributed by atoms with Gasteiger partial charge in [0, 0.05) is 31.7 Å². The molecule has 0 unspecified atom stereocenters. The SMILES string of the molecule is FC(F)(F)Oc1cccc(CCN2CCC3(CC2)NCCc2ccccc23)c1. The normalized spacial score (nSPS) is 19.4. The Morgan fingerprint density at radius 2 is 1.82 bits per heavy atom. The van der Waals surface area contributed by atoms with E-state index in [0.717, 1.165) is 51.0 Å². The summed E-state index contributed by atoms with van der Waals surface area (Å²) in [6.07, 6.45) is -0.740. The molecule has 3 nitrogen and oxygen atoms in total. The van der Waals surface area contributed by atoms with Crippen LogP contribution in [0.3, 0.4) is 0 Å². The first-order valence-corrected chi connectivity index (χ1v) is 9.84. The molecule has 0 aliphatic carbocycles. The van der Waals surface area contributed by atoms with E-state index in [9.17, 15) is 13.2 Å². The van der Waals surface area contributed by atoms with Crippen molar-refractivity contribution >= 4 is 0 Å². The largest absolute Gasteiger partial charge is 0.573 e. The number of halogens is 3. The first kappa shape index (κ1) is 19.3. The second-order valence-corrected chi connectivity index (χ2v) is 7.70. The lowest BCUT2D eigenvalue weighted by atomic mass is 9.76. The Bertz CT molecular complexity index is 813. The number of likely N-dealkylation sites (tertiary alicyclic amines) is 1. The van der Waals surface area contributed by atoms with Gasteiger partial charge in [-0.3, -0.25) is 0 Å². The minimum absolute atomic E-state index is 0.0752. The molecule has 0 amide bonds. The van der Waals surface area contributed by atoms with Crippen LogP contribution in [0.15, 0.2) is 48.5 Å². The molecule has 150 valence electrons. The van der Waals surface area contributed by atoms with Crippen molar-refractivity contribution in [2.75, 3.05) is 26.2 Å². The fraction of sp³-hybridized carbons (Fsp3) is 0.455. The Kier molecular flexibility index (Phi) is 5.34. The number of nitrogens with one attached hydrogen (secondary N) is 1. The van der Waals surface area contributed by atoms with Gasteiger partial charge in [-0.05, 0) is 54.5 Å². The second-order valence-electron chi connectivity index (χ2n) is 7.70. The molecule has 0 radical (unpaired) electrons. The maximum Gasteiger partial charge on any atom is 0.573 e. The first-order chi connectivity index (χ1) is 13.4. The van der Waals surface area contributed by atoms with Crippen LogP contribution in [-0.4, -0.2) is 37.4 Å². The summed E-state index contributed by atoms with van der Waals surface area (Å²) in [4.78, 5) is 2.40. The Morgan fingerprint density at radius 3 is 2.61 bits per heavy atom. The predicted octanol–water partition coefficient (Wildman–Crippen LogP) is 4.26. The number of benzene rings is 2. The van der Waals surface area contributed by atoms with Gasteiger partial charge in [0.05, 0.1) is 0 Å². The van der Waals surface area contributed by atoms with Crippen molar-refractivity contribution in [1.82, 2.24) is 10.2 Å². The monoisotopic (exact) mass is 390 g/mol. The quantitative estimate of drug-likeness (QED) is 0.844. The number of ether oxygens (including phenoxy) is 1. The summed E-state index contributed by atoms with van der Waals surface area (Å²) in [7, 11) is 0. The molecule has 1 fully saturated rings. The number of fused-ring (bicyclic) bond motifs is 2. The highest BCUT2D eigenvalue weighted by Gasteiger charge is 2.38. The Hall–Kier alpha value is -2.05. The van der Waals surface area contributed by atoms with Crippen molar-refractivity contribution in [3.05, 3.63) is 65.2 Å². The fourth-order valence-electron chi connectivity index (χ4n) is 4.53. The summed E-state index contributed by atoms with van der Waals surface area (Å²) in [5, 5.41) is 3.76. The van der Waals surface area contributed by atoms with Crippen molar-refractivity contribution in [3.8, 4) is 5.75 Å². The second kappa shape index (κ2) is 7.76. The zero-order valence-electron chi connectivity index (χ0n) is 15.8. The summed E-state index contributed by atoms with van der Waals surface area (Å²) >= 11 is 0. The number of piperidine rings is 1. The van der Waals surface area contributed by atoms with E-state index in [-0.39, 0.29) is 11.3 Å². The van der Waals surface area contributed by atoms with Crippen molar-refractivity contribution in [1.29, 1.82) is 0 Å². The average molecular weight is 390 g/mol. The molecule has 1 spiro atoms. The van der Waals surface area contributed by atoms with Crippen LogP contribution in [0.2, 0.25) is 0 Å². The van der Waals surface area contributed by atoms with E-state index in [4.69, 9.17) is 0 Å². The average Bonchev–Trinajstić information content (AvgIpc) is 2.67. The Balaban J connectivity index is 1.34. The van der Waals surface area contributed by atoms with Gasteiger partial charge in [-0.15, -0.1) is 13.2 Å². The van der Waals surface area contributed by atoms with Crippen LogP contribution < -0.4 is 10.1 Å². The minimum Gasteiger partial charge on any atom is -0.406 e. The fourth-order valence-corrected chi connectivity index (χ4v) is 4.53. The molecule has 1 saturated heterocycles. The van der Waals surface area contributed by atoms with Crippen molar-refractivity contribution in [3.63, 3.8) is 0 Å². The smallest absolute Gasteiger partial charge is 0.406 e. The van der Waals surface area contributed by atoms with E-state index >= 15 is 0 Å². The minimum atomic E-state index is -4.65. The Labute approximate surface area is 163 Å². The summed E-state index contributed by atoms with van der Waals surface area (Å²) in [6, 6.07) is 15.0. The number of hydrogen-bond acceptors (Lipinski definition) is 3. The van der Waals surface area contributed by atoms with Crippen LogP contribution in [0.1, 0.15) is 29.5 Å². The van der Waals surface area contributed by atoms with Crippen LogP contribution in [0, 0.1) is 0 Å². The number of hydrogen-bond donors (Lipinski definition) is 1. The van der Waals surface area contributed by atoms with E-state index in [1.807, 2.05) is 6.07 Å². The molecule has 2 aromatic carbocycles. The van der Waals surface area contributed by atoms with E-state index in [2.05, 4.69) is 39.2 Å². The molecule has 1 N–H and O–H groups in total. The van der Waals surface area contributed by atoms with Gasteiger partial charge in [-0.1, -0.05) is 36.4 Å². The van der Waals surface area contributed by atoms with Gasteiger partial charge in [0.25, 0.3) is 0 Å². The summed E-state index contributed by atoms with van der Waals surface area (Å²) in [5.41, 5.74) is 3.84. The Morgan fingerprint density at radius 1 is 1.04 bits per heavy atom. The molecule has 0 bridgehead atoms. The van der Waals surface area contributed by atoms with Gasteiger partial charge in [-0.2, -0.15) is 0 Å². The highest BCUT2D eigenvalue weighted by Crippen LogP contribution is 2.37. The third-order valence-corrected chi connectivity index (χ3v) is 5.95. The van der Waals surface area contributed by atoms with Crippen LogP contribution in [0.25, 0.3) is 0 Å². The van der Waals surface area contributed by atoms with E-state index in [1.54, 1.807) is 6.07 Å². The summed E-state index contributed by atoms with van der Waals surface area (Å²) in [5.74, 6) is -0.148. The molecule has 2 aromatic rings. The molecular formula is C22H25F3N2O. The van der Waals surface area contributed by atoms with Crippen LogP contribution >= 0.6 is 0 Å². The lowest BCUT2D eigenvalue weighted by Crippen LogP contribution is -2.54. The molecule has 28 heavy (non-hydrogen) atoms. The van der Waals surface area contributed by atoms with Gasteiger partial charge >= 0.3 is 6.36 Å². The van der Waals surface area contributed by atoms with Gasteiger partial charge in [0.15, 0.2) is 0 Å². The third kappa shape index (κ3) is 4.33. The lowest BCUT2D eigenvalue weighted by Gasteiger charge is -2.46. The van der Waals surface area contributed by atoms with E-state index in [1.165, 1.54) is 23.3 Å². The lowest BCUT2D eigenvalue weighted by molar-refractivity contribution is -0.274. The van der Waals surface area contributed by atoms with Gasteiger partial charge < -0.3 is 15.0 Å². The highest BCUT2D eigenvalue weighted by molar-refractivity contribution is 5.37. The molecule has 0 atom stereocenters. The molecule has 2 heterocycles.